The zero-order valence-corrected chi connectivity index (χ0v) is 19.9. The van der Waals surface area contributed by atoms with Crippen LogP contribution in [0.1, 0.15) is 11.3 Å². The van der Waals surface area contributed by atoms with Crippen molar-refractivity contribution < 1.29 is 41.0 Å². The molecule has 0 radical (unpaired) electrons. The zero-order chi connectivity index (χ0) is 19.1. The minimum Gasteiger partial charge on any atom is -0.394 e. The molecule has 0 bridgehead atoms. The normalized spacial score (nSPS) is 12.2. The van der Waals surface area contributed by atoms with Gasteiger partial charge in [-0.15, -0.1) is 0 Å². The van der Waals surface area contributed by atoms with Crippen molar-refractivity contribution in [3.63, 3.8) is 0 Å². The van der Waals surface area contributed by atoms with Gasteiger partial charge < -0.3 is 21.7 Å². The number of amides is 1. The summed E-state index contributed by atoms with van der Waals surface area (Å²) in [7, 11) is 0. The van der Waals surface area contributed by atoms with Crippen LogP contribution in [0.15, 0.2) is 60.7 Å². The molecule has 2 aromatic carbocycles. The summed E-state index contributed by atoms with van der Waals surface area (Å²) in [5, 5.41) is 13.8. The molecule has 4 rings (SSSR count). The summed E-state index contributed by atoms with van der Waals surface area (Å²) in [5.74, 6) is -0.158. The van der Waals surface area contributed by atoms with Gasteiger partial charge in [0.2, 0.25) is 0 Å². The Morgan fingerprint density at radius 1 is 1.14 bits per heavy atom. The second-order valence-electron chi connectivity index (χ2n) is 6.23. The molecule has 3 aromatic rings. The van der Waals surface area contributed by atoms with Gasteiger partial charge in [-0.2, -0.15) is 41.5 Å². The van der Waals surface area contributed by atoms with Crippen LogP contribution < -0.4 is 0 Å². The first-order valence-electron chi connectivity index (χ1n) is 8.97. The Labute approximate surface area is 189 Å². The Morgan fingerprint density at radius 3 is 2.36 bits per heavy atom. The molecule has 6 heteroatoms. The van der Waals surface area contributed by atoms with Crippen LogP contribution in [0.25, 0.3) is 11.3 Å². The van der Waals surface area contributed by atoms with Crippen molar-refractivity contribution in [2.45, 2.75) is 19.5 Å². The minimum absolute atomic E-state index is 0. The largest absolute Gasteiger partial charge is 2.00 e. The third kappa shape index (κ3) is 5.51. The Balaban J connectivity index is 0.000000344. The molecule has 0 fully saturated rings. The number of aromatic nitrogens is 2. The number of hydrogen-bond acceptors (Lipinski definition) is 3. The fraction of sp³-hybridized carbons (Fsp3) is 0.227. The van der Waals surface area contributed by atoms with Crippen molar-refractivity contribution in [3.8, 4) is 11.3 Å². The predicted molar refractivity (Wildman–Crippen MR) is 105 cm³/mol. The molecule has 0 saturated heterocycles. The van der Waals surface area contributed by atoms with Crippen molar-refractivity contribution in [1.82, 2.24) is 14.7 Å². The fourth-order valence-electron chi connectivity index (χ4n) is 3.15. The molecule has 1 aliphatic heterocycles. The van der Waals surface area contributed by atoms with Gasteiger partial charge in [0.15, 0.2) is 0 Å². The van der Waals surface area contributed by atoms with E-state index in [1.807, 2.05) is 65.3 Å². The number of aliphatic hydroxyl groups is 1. The third-order valence-corrected chi connectivity index (χ3v) is 4.45. The monoisotopic (exact) mass is 599 g/mol. The standard InChI is InChI=1S/C16H18N3O2.C6H5.U/c1-12(21)18-8-7-15-14(11-18)16(17-19(15)9-10-20)13-5-3-2-4-6-13;1-2-4-6-5-3-1;/h2-6,20H,1,7-11H2;1-5H;/q2*-1;+2. The molecule has 0 saturated carbocycles. The minimum atomic E-state index is -0.158. The van der Waals surface area contributed by atoms with Crippen LogP contribution in [-0.2, 0) is 24.3 Å². The van der Waals surface area contributed by atoms with E-state index in [0.717, 1.165) is 28.9 Å². The summed E-state index contributed by atoms with van der Waals surface area (Å²) in [6, 6.07) is 22.4. The number of rotatable bonds is 3. The molecular formula is C22H23N3O2U. The van der Waals surface area contributed by atoms with Gasteiger partial charge in [-0.25, -0.2) is 0 Å². The van der Waals surface area contributed by atoms with E-state index in [2.05, 4.69) is 18.1 Å². The summed E-state index contributed by atoms with van der Waals surface area (Å²) in [6.45, 7) is 5.22. The molecule has 1 aliphatic rings. The summed E-state index contributed by atoms with van der Waals surface area (Å²) in [6.07, 6.45) is 0.746. The van der Waals surface area contributed by atoms with Crippen LogP contribution in [0.2, 0.25) is 0 Å². The maximum Gasteiger partial charge on any atom is 2.00 e. The number of benzene rings is 2. The van der Waals surface area contributed by atoms with Gasteiger partial charge in [0, 0.05) is 36.3 Å². The Morgan fingerprint density at radius 2 is 1.82 bits per heavy atom. The first kappa shape index (κ1) is 22.3. The summed E-state index contributed by atoms with van der Waals surface area (Å²) < 4.78 is 1.86. The van der Waals surface area contributed by atoms with E-state index in [1.165, 1.54) is 0 Å². The number of fused-ring (bicyclic) bond motifs is 1. The zero-order valence-electron chi connectivity index (χ0n) is 15.7. The summed E-state index contributed by atoms with van der Waals surface area (Å²) >= 11 is 0. The first-order valence-corrected chi connectivity index (χ1v) is 8.97. The predicted octanol–water partition coefficient (Wildman–Crippen LogP) is 2.75. The van der Waals surface area contributed by atoms with Gasteiger partial charge in [0.1, 0.15) is 0 Å². The molecular weight excluding hydrogens is 576 g/mol. The van der Waals surface area contributed by atoms with Crippen LogP contribution in [0, 0.1) is 44.1 Å². The van der Waals surface area contributed by atoms with Gasteiger partial charge in [-0.1, -0.05) is 30.3 Å². The second kappa shape index (κ2) is 11.1. The Kier molecular flexibility index (Phi) is 8.85. The molecule has 2 heterocycles. The fourth-order valence-corrected chi connectivity index (χ4v) is 3.15. The average molecular weight is 599 g/mol. The van der Waals surface area contributed by atoms with Crippen molar-refractivity contribution in [2.24, 2.45) is 0 Å². The van der Waals surface area contributed by atoms with E-state index in [4.69, 9.17) is 0 Å². The van der Waals surface area contributed by atoms with E-state index in [-0.39, 0.29) is 43.6 Å². The Hall–Kier alpha value is -2.00. The molecule has 1 amide bonds. The van der Waals surface area contributed by atoms with Crippen molar-refractivity contribution >= 4 is 5.91 Å². The number of nitrogens with zero attached hydrogens (tertiary/aromatic N) is 3. The topological polar surface area (TPSA) is 58.4 Å². The third-order valence-electron chi connectivity index (χ3n) is 4.45. The number of aliphatic hydroxyl groups excluding tert-OH is 1. The van der Waals surface area contributed by atoms with E-state index >= 15 is 0 Å². The van der Waals surface area contributed by atoms with E-state index < -0.39 is 0 Å². The molecule has 1 N–H and O–H groups in total. The van der Waals surface area contributed by atoms with Crippen LogP contribution >= 0.6 is 0 Å². The van der Waals surface area contributed by atoms with Gasteiger partial charge in [-0.3, -0.25) is 4.68 Å². The van der Waals surface area contributed by atoms with Gasteiger partial charge in [0.25, 0.3) is 0 Å². The number of hydrogen-bond donors (Lipinski definition) is 1. The first-order chi connectivity index (χ1) is 13.2. The maximum absolute atomic E-state index is 11.5. The Bertz CT molecular complexity index is 840. The maximum atomic E-state index is 11.5. The van der Waals surface area contributed by atoms with Crippen LogP contribution in [0.4, 0.5) is 0 Å². The molecule has 0 atom stereocenters. The van der Waals surface area contributed by atoms with E-state index in [1.54, 1.807) is 4.90 Å². The molecule has 1 aromatic heterocycles. The van der Waals surface area contributed by atoms with Crippen molar-refractivity contribution in [2.75, 3.05) is 13.2 Å². The van der Waals surface area contributed by atoms with Crippen LogP contribution in [0.3, 0.4) is 0 Å². The molecule has 0 spiro atoms. The van der Waals surface area contributed by atoms with Crippen LogP contribution in [-0.4, -0.2) is 38.8 Å². The summed E-state index contributed by atoms with van der Waals surface area (Å²) in [4.78, 5) is 13.3. The van der Waals surface area contributed by atoms with E-state index in [0.29, 0.717) is 19.6 Å². The summed E-state index contributed by atoms with van der Waals surface area (Å²) in [5.41, 5.74) is 4.10. The molecule has 142 valence electrons. The van der Waals surface area contributed by atoms with Gasteiger partial charge in [-0.05, 0) is 0 Å². The van der Waals surface area contributed by atoms with Gasteiger partial charge >= 0.3 is 31.1 Å². The second-order valence-corrected chi connectivity index (χ2v) is 6.23. The molecule has 5 nitrogen and oxygen atoms in total. The van der Waals surface area contributed by atoms with Crippen molar-refractivity contribution in [1.29, 1.82) is 0 Å². The van der Waals surface area contributed by atoms with Crippen molar-refractivity contribution in [3.05, 3.63) is 84.9 Å². The molecule has 0 aliphatic carbocycles. The molecule has 28 heavy (non-hydrogen) atoms. The van der Waals surface area contributed by atoms with E-state index in [9.17, 15) is 9.90 Å². The number of carbonyl (C=O) groups excluding carboxylic acids is 1. The quantitative estimate of drug-likeness (QED) is 0.472. The molecule has 0 unspecified atom stereocenters. The van der Waals surface area contributed by atoms with Crippen LogP contribution in [0.5, 0.6) is 0 Å². The SMILES string of the molecule is [CH2-]C(=O)N1CCc2c(c(-c3ccccc3)nn2CCO)C1.[U+2].[c-]1ccccc1. The smallest absolute Gasteiger partial charge is 0.394 e. The van der Waals surface area contributed by atoms with Gasteiger partial charge in [0.05, 0.1) is 24.8 Å². The number of carbonyl (C=O) groups is 1. The average Bonchev–Trinajstić information content (AvgIpc) is 3.08.